The number of amides is 1. The van der Waals surface area contributed by atoms with Gasteiger partial charge in [0.2, 0.25) is 0 Å². The summed E-state index contributed by atoms with van der Waals surface area (Å²) in [6, 6.07) is 12.4. The number of benzene rings is 2. The number of carbonyl (C=O) groups is 1. The fourth-order valence-corrected chi connectivity index (χ4v) is 2.63. The number of rotatable bonds is 6. The molecule has 3 rings (SSSR count). The zero-order valence-corrected chi connectivity index (χ0v) is 13.8. The summed E-state index contributed by atoms with van der Waals surface area (Å²) >= 11 is 0. The number of hydrogen-bond acceptors (Lipinski definition) is 5. The number of carbonyl (C=O) groups excluding carboxylic acids is 1. The molecule has 0 bridgehead atoms. The van der Waals surface area contributed by atoms with Crippen LogP contribution in [0.3, 0.4) is 0 Å². The predicted molar refractivity (Wildman–Crippen MR) is 94.8 cm³/mol. The molecule has 0 spiro atoms. The van der Waals surface area contributed by atoms with Gasteiger partial charge in [-0.25, -0.2) is 4.79 Å². The molecule has 1 atom stereocenters. The van der Waals surface area contributed by atoms with Gasteiger partial charge in [-0.2, -0.15) is 0 Å². The summed E-state index contributed by atoms with van der Waals surface area (Å²) in [6.45, 7) is 2.05. The largest absolute Gasteiger partial charge is 0.481 e. The summed E-state index contributed by atoms with van der Waals surface area (Å²) in [5.74, 6) is 0.171. The quantitative estimate of drug-likeness (QED) is 0.408. The molecule has 2 N–H and O–H groups in total. The van der Waals surface area contributed by atoms with Crippen molar-refractivity contribution in [1.29, 1.82) is 0 Å². The first kappa shape index (κ1) is 17.0. The lowest BCUT2D eigenvalue weighted by Gasteiger charge is -2.15. The van der Waals surface area contributed by atoms with Gasteiger partial charge in [0.05, 0.1) is 5.39 Å². The summed E-state index contributed by atoms with van der Waals surface area (Å²) in [5.41, 5.74) is 0.00383. The third-order valence-corrected chi connectivity index (χ3v) is 3.91. The molecule has 25 heavy (non-hydrogen) atoms. The first-order valence-corrected chi connectivity index (χ1v) is 8.11. The fourth-order valence-electron chi connectivity index (χ4n) is 2.63. The molecule has 6 heteroatoms. The van der Waals surface area contributed by atoms with E-state index < -0.39 is 11.7 Å². The van der Waals surface area contributed by atoms with E-state index in [9.17, 15) is 9.59 Å². The van der Waals surface area contributed by atoms with Crippen molar-refractivity contribution in [2.24, 2.45) is 0 Å². The highest BCUT2D eigenvalue weighted by molar-refractivity contribution is 6.04. The van der Waals surface area contributed by atoms with Crippen molar-refractivity contribution in [2.75, 3.05) is 13.2 Å². The summed E-state index contributed by atoms with van der Waals surface area (Å²) < 4.78 is 11.0. The minimum Gasteiger partial charge on any atom is -0.481 e. The van der Waals surface area contributed by atoms with Crippen LogP contribution >= 0.6 is 0 Å². The van der Waals surface area contributed by atoms with E-state index in [1.165, 1.54) is 0 Å². The van der Waals surface area contributed by atoms with Gasteiger partial charge in [0.1, 0.15) is 11.3 Å². The lowest BCUT2D eigenvalue weighted by Crippen LogP contribution is -2.37. The van der Waals surface area contributed by atoms with Crippen LogP contribution in [-0.2, 0) is 4.79 Å². The molecule has 2 aromatic carbocycles. The number of nitrogens with one attached hydrogen (secondary N) is 1. The van der Waals surface area contributed by atoms with Crippen molar-refractivity contribution >= 4 is 27.6 Å². The lowest BCUT2D eigenvalue weighted by molar-refractivity contribution is -0.127. The van der Waals surface area contributed by atoms with Crippen molar-refractivity contribution in [3.8, 4) is 5.75 Å². The Kier molecular flexibility index (Phi) is 5.00. The van der Waals surface area contributed by atoms with Gasteiger partial charge in [-0.1, -0.05) is 18.2 Å². The smallest absolute Gasteiger partial charge is 0.344 e. The van der Waals surface area contributed by atoms with E-state index >= 15 is 0 Å². The summed E-state index contributed by atoms with van der Waals surface area (Å²) in [7, 11) is 0. The molecule has 0 radical (unpaired) electrons. The molecule has 0 fully saturated rings. The number of hydrogen-bond donors (Lipinski definition) is 2. The number of ether oxygens (including phenoxy) is 1. The Morgan fingerprint density at radius 3 is 2.72 bits per heavy atom. The molecule has 1 aromatic heterocycles. The van der Waals surface area contributed by atoms with Crippen LogP contribution in [0.15, 0.2) is 51.7 Å². The second-order valence-electron chi connectivity index (χ2n) is 5.72. The Morgan fingerprint density at radius 1 is 1.20 bits per heavy atom. The van der Waals surface area contributed by atoms with Gasteiger partial charge < -0.3 is 19.6 Å². The monoisotopic (exact) mass is 341 g/mol. The average molecular weight is 341 g/mol. The van der Waals surface area contributed by atoms with E-state index in [4.69, 9.17) is 14.3 Å². The van der Waals surface area contributed by atoms with Crippen LogP contribution in [0.5, 0.6) is 5.75 Å². The molecule has 0 aliphatic rings. The second kappa shape index (κ2) is 7.36. The van der Waals surface area contributed by atoms with Crippen LogP contribution < -0.4 is 15.7 Å². The van der Waals surface area contributed by atoms with Crippen molar-refractivity contribution in [2.45, 2.75) is 19.4 Å². The first-order valence-electron chi connectivity index (χ1n) is 8.11. The molecule has 0 aliphatic carbocycles. The third kappa shape index (κ3) is 3.64. The van der Waals surface area contributed by atoms with E-state index in [1.807, 2.05) is 18.2 Å². The Hall–Kier alpha value is -2.86. The Morgan fingerprint density at radius 2 is 1.96 bits per heavy atom. The molecular formula is C19H19NO5. The van der Waals surface area contributed by atoms with E-state index in [1.54, 1.807) is 31.2 Å². The number of fused-ring (bicyclic) bond motifs is 3. The second-order valence-corrected chi connectivity index (χ2v) is 5.72. The SMILES string of the molecule is CC(Oc1ccc2c(c1)oc(=O)c1ccccc12)C(=O)NCCCO. The van der Waals surface area contributed by atoms with Gasteiger partial charge in [0.25, 0.3) is 5.91 Å². The lowest BCUT2D eigenvalue weighted by atomic mass is 10.1. The van der Waals surface area contributed by atoms with E-state index in [-0.39, 0.29) is 12.5 Å². The number of aliphatic hydroxyl groups excluding tert-OH is 1. The summed E-state index contributed by atoms with van der Waals surface area (Å²) in [5, 5.41) is 13.6. The van der Waals surface area contributed by atoms with Crippen molar-refractivity contribution in [1.82, 2.24) is 5.32 Å². The molecule has 3 aromatic rings. The Labute approximate surface area is 144 Å². The molecule has 0 saturated carbocycles. The summed E-state index contributed by atoms with van der Waals surface area (Å²) in [6.07, 6.45) is -0.213. The zero-order valence-electron chi connectivity index (χ0n) is 13.8. The number of aliphatic hydroxyl groups is 1. The third-order valence-electron chi connectivity index (χ3n) is 3.91. The van der Waals surface area contributed by atoms with E-state index in [0.29, 0.717) is 29.7 Å². The maximum atomic E-state index is 12.1. The van der Waals surface area contributed by atoms with Gasteiger partial charge in [0.15, 0.2) is 6.10 Å². The van der Waals surface area contributed by atoms with Crippen LogP contribution in [0.1, 0.15) is 13.3 Å². The maximum Gasteiger partial charge on any atom is 0.344 e. The Balaban J connectivity index is 1.85. The maximum absolute atomic E-state index is 12.1. The zero-order chi connectivity index (χ0) is 17.8. The van der Waals surface area contributed by atoms with Crippen molar-refractivity contribution in [3.63, 3.8) is 0 Å². The van der Waals surface area contributed by atoms with Crippen LogP contribution in [0.4, 0.5) is 0 Å². The molecular weight excluding hydrogens is 322 g/mol. The van der Waals surface area contributed by atoms with Crippen LogP contribution in [0.2, 0.25) is 0 Å². The minimum atomic E-state index is -0.705. The van der Waals surface area contributed by atoms with Crippen molar-refractivity contribution < 1.29 is 19.1 Å². The van der Waals surface area contributed by atoms with Gasteiger partial charge >= 0.3 is 5.63 Å². The highest BCUT2D eigenvalue weighted by atomic mass is 16.5. The van der Waals surface area contributed by atoms with E-state index in [2.05, 4.69) is 5.32 Å². The van der Waals surface area contributed by atoms with Crippen LogP contribution in [0, 0.1) is 0 Å². The van der Waals surface area contributed by atoms with Crippen LogP contribution in [-0.4, -0.2) is 30.3 Å². The molecule has 1 unspecified atom stereocenters. The highest BCUT2D eigenvalue weighted by Gasteiger charge is 2.15. The average Bonchev–Trinajstić information content (AvgIpc) is 2.62. The topological polar surface area (TPSA) is 88.8 Å². The molecule has 1 heterocycles. The highest BCUT2D eigenvalue weighted by Crippen LogP contribution is 2.26. The van der Waals surface area contributed by atoms with Gasteiger partial charge in [-0.3, -0.25) is 4.79 Å². The normalized spacial score (nSPS) is 12.2. The van der Waals surface area contributed by atoms with E-state index in [0.717, 1.165) is 10.8 Å². The van der Waals surface area contributed by atoms with Crippen LogP contribution in [0.25, 0.3) is 21.7 Å². The molecule has 0 aliphatic heterocycles. The minimum absolute atomic E-state index is 0.0210. The van der Waals surface area contributed by atoms with Crippen molar-refractivity contribution in [3.05, 3.63) is 52.9 Å². The Bertz CT molecular complexity index is 963. The van der Waals surface area contributed by atoms with Gasteiger partial charge in [-0.15, -0.1) is 0 Å². The van der Waals surface area contributed by atoms with Gasteiger partial charge in [0, 0.05) is 24.6 Å². The molecule has 6 nitrogen and oxygen atoms in total. The fraction of sp³-hybridized carbons (Fsp3) is 0.263. The predicted octanol–water partition coefficient (Wildman–Crippen LogP) is 2.21. The molecule has 0 saturated heterocycles. The standard InChI is InChI=1S/C19H19NO5/c1-12(18(22)20-9-4-10-21)24-13-7-8-15-14-5-2-3-6-16(14)19(23)25-17(15)11-13/h2-3,5-8,11-12,21H,4,9-10H2,1H3,(H,20,22). The molecule has 130 valence electrons. The van der Waals surface area contributed by atoms with Gasteiger partial charge in [-0.05, 0) is 36.9 Å². The molecule has 1 amide bonds. The first-order chi connectivity index (χ1) is 12.1. The summed E-state index contributed by atoms with van der Waals surface area (Å²) in [4.78, 5) is 24.0.